The number of phenolic OH excluding ortho intramolecular Hbond substituents is 3. The molecule has 4 rings (SSSR count). The van der Waals surface area contributed by atoms with Gasteiger partial charge >= 0.3 is 0 Å². The minimum Gasteiger partial charge on any atom is -0.507 e. The zero-order chi connectivity index (χ0) is 24.0. The molecule has 0 amide bonds. The summed E-state index contributed by atoms with van der Waals surface area (Å²) < 4.78 is 21.7. The summed E-state index contributed by atoms with van der Waals surface area (Å²) in [7, 11) is 1.37. The first-order valence-corrected chi connectivity index (χ1v) is 9.88. The topological polar surface area (TPSA) is 179 Å². The Morgan fingerprint density at radius 3 is 2.30 bits per heavy atom. The summed E-state index contributed by atoms with van der Waals surface area (Å²) in [5.74, 6) is -1.72. The third-order valence-corrected chi connectivity index (χ3v) is 5.42. The van der Waals surface area contributed by atoms with Crippen LogP contribution in [0.1, 0.15) is 6.92 Å². The minimum absolute atomic E-state index is 0.0331. The summed E-state index contributed by atoms with van der Waals surface area (Å²) >= 11 is 0. The maximum absolute atomic E-state index is 12.8. The van der Waals surface area contributed by atoms with Crippen LogP contribution in [0.25, 0.3) is 22.3 Å². The van der Waals surface area contributed by atoms with E-state index in [1.165, 1.54) is 32.2 Å². The number of fused-ring (bicyclic) bond motifs is 1. The zero-order valence-corrected chi connectivity index (χ0v) is 17.5. The van der Waals surface area contributed by atoms with Gasteiger partial charge in [0.05, 0.1) is 13.2 Å². The second-order valence-corrected chi connectivity index (χ2v) is 7.61. The smallest absolute Gasteiger partial charge is 0.229 e. The summed E-state index contributed by atoms with van der Waals surface area (Å²) in [6.45, 7) is 1.44. The van der Waals surface area contributed by atoms with Crippen LogP contribution < -0.4 is 14.9 Å². The van der Waals surface area contributed by atoms with E-state index < -0.39 is 53.4 Å². The molecule has 0 aliphatic carbocycles. The van der Waals surface area contributed by atoms with Crippen LogP contribution in [0.5, 0.6) is 28.7 Å². The Morgan fingerprint density at radius 2 is 1.64 bits per heavy atom. The first-order valence-electron chi connectivity index (χ1n) is 9.88. The van der Waals surface area contributed by atoms with E-state index in [0.717, 1.165) is 12.1 Å². The second kappa shape index (κ2) is 8.45. The van der Waals surface area contributed by atoms with Crippen molar-refractivity contribution in [1.29, 1.82) is 0 Å². The van der Waals surface area contributed by atoms with Crippen molar-refractivity contribution in [3.05, 3.63) is 40.6 Å². The lowest BCUT2D eigenvalue weighted by molar-refractivity contribution is -0.268. The number of hydrogen-bond donors (Lipinski definition) is 6. The molecule has 1 aliphatic rings. The number of ether oxygens (including phenoxy) is 3. The highest BCUT2D eigenvalue weighted by molar-refractivity contribution is 5.91. The van der Waals surface area contributed by atoms with Crippen molar-refractivity contribution in [3.63, 3.8) is 0 Å². The van der Waals surface area contributed by atoms with Crippen LogP contribution in [0.15, 0.2) is 39.5 Å². The molecule has 11 heteroatoms. The van der Waals surface area contributed by atoms with Crippen LogP contribution >= 0.6 is 0 Å². The molecule has 6 N–H and O–H groups in total. The van der Waals surface area contributed by atoms with Gasteiger partial charge in [-0.05, 0) is 25.1 Å². The zero-order valence-electron chi connectivity index (χ0n) is 17.5. The lowest BCUT2D eigenvalue weighted by atomic mass is 10.00. The molecule has 0 saturated carbocycles. The predicted molar refractivity (Wildman–Crippen MR) is 112 cm³/mol. The summed E-state index contributed by atoms with van der Waals surface area (Å²) in [6.07, 6.45) is -7.15. The molecule has 2 heterocycles. The van der Waals surface area contributed by atoms with Gasteiger partial charge in [0.15, 0.2) is 28.3 Å². The van der Waals surface area contributed by atoms with Crippen LogP contribution in [0.2, 0.25) is 0 Å². The molecule has 5 atom stereocenters. The van der Waals surface area contributed by atoms with Crippen LogP contribution in [0.4, 0.5) is 0 Å². The van der Waals surface area contributed by atoms with Gasteiger partial charge in [-0.2, -0.15) is 0 Å². The third kappa shape index (κ3) is 3.91. The highest BCUT2D eigenvalue weighted by Gasteiger charge is 2.43. The van der Waals surface area contributed by atoms with E-state index in [0.29, 0.717) is 0 Å². The predicted octanol–water partition coefficient (Wildman–Crippen LogP) is 0.792. The van der Waals surface area contributed by atoms with Crippen molar-refractivity contribution in [3.8, 4) is 40.1 Å². The lowest BCUT2D eigenvalue weighted by Crippen LogP contribution is -2.58. The summed E-state index contributed by atoms with van der Waals surface area (Å²) in [6, 6.07) is 6.20. The van der Waals surface area contributed by atoms with Crippen molar-refractivity contribution in [2.75, 3.05) is 7.11 Å². The van der Waals surface area contributed by atoms with E-state index in [4.69, 9.17) is 18.6 Å². The minimum atomic E-state index is -1.70. The van der Waals surface area contributed by atoms with Crippen LogP contribution in [0, 0.1) is 0 Å². The van der Waals surface area contributed by atoms with Gasteiger partial charge in [-0.25, -0.2) is 0 Å². The number of aliphatic hydroxyl groups is 3. The second-order valence-electron chi connectivity index (χ2n) is 7.61. The Labute approximate surface area is 186 Å². The number of aromatic hydroxyl groups is 3. The summed E-state index contributed by atoms with van der Waals surface area (Å²) in [5.41, 5.74) is -0.769. The number of rotatable bonds is 4. The number of aliphatic hydroxyl groups excluding tert-OH is 3. The van der Waals surface area contributed by atoms with Gasteiger partial charge in [0, 0.05) is 17.7 Å². The Kier molecular flexibility index (Phi) is 5.80. The number of hydrogen-bond acceptors (Lipinski definition) is 11. The molecule has 1 fully saturated rings. The molecule has 33 heavy (non-hydrogen) atoms. The molecular weight excluding hydrogens is 440 g/mol. The number of phenols is 3. The van der Waals surface area contributed by atoms with Crippen molar-refractivity contribution in [1.82, 2.24) is 0 Å². The molecular formula is C22H22O11. The molecule has 176 valence electrons. The van der Waals surface area contributed by atoms with E-state index in [1.807, 2.05) is 0 Å². The third-order valence-electron chi connectivity index (χ3n) is 5.42. The molecule has 2 aromatic carbocycles. The van der Waals surface area contributed by atoms with E-state index >= 15 is 0 Å². The molecule has 11 nitrogen and oxygen atoms in total. The molecule has 3 aromatic rings. The lowest BCUT2D eigenvalue weighted by Gasteiger charge is -2.38. The monoisotopic (exact) mass is 462 g/mol. The van der Waals surface area contributed by atoms with E-state index in [2.05, 4.69) is 0 Å². The quantitative estimate of drug-likeness (QED) is 0.323. The number of benzene rings is 2. The first kappa shape index (κ1) is 22.7. The SMILES string of the molecule is COc1ccc(-c2cc(=O)c3c(O)cc(O)c(OC4O[C@H](C)[C@@H](O)[C@H](O)[C@H]4O)c3o2)cc1O. The Hall–Kier alpha value is -3.51. The van der Waals surface area contributed by atoms with Gasteiger partial charge in [-0.15, -0.1) is 0 Å². The Morgan fingerprint density at radius 1 is 0.909 bits per heavy atom. The van der Waals surface area contributed by atoms with E-state index in [9.17, 15) is 35.4 Å². The standard InChI is InChI=1S/C22H22O11/c1-8-17(27)18(28)19(29)22(31-8)33-20-13(26)6-11(24)16-12(25)7-15(32-21(16)20)9-3-4-14(30-2)10(23)5-9/h3-8,17-19,22-24,26-29H,1-2H3/t8-,17-,18+,19-,22?/m1/s1. The molecule has 1 aromatic heterocycles. The molecule has 1 aliphatic heterocycles. The van der Waals surface area contributed by atoms with Gasteiger partial charge in [-0.1, -0.05) is 0 Å². The maximum atomic E-state index is 12.8. The summed E-state index contributed by atoms with van der Waals surface area (Å²) in [4.78, 5) is 12.8. The summed E-state index contributed by atoms with van der Waals surface area (Å²) in [5, 5.41) is 60.5. The van der Waals surface area contributed by atoms with Gasteiger partial charge in [0.25, 0.3) is 0 Å². The van der Waals surface area contributed by atoms with Crippen LogP contribution in [-0.4, -0.2) is 68.5 Å². The normalized spacial score (nSPS) is 25.2. The fourth-order valence-corrected chi connectivity index (χ4v) is 3.61. The average Bonchev–Trinajstić information content (AvgIpc) is 2.77. The van der Waals surface area contributed by atoms with Gasteiger partial charge in [-0.3, -0.25) is 4.79 Å². The Bertz CT molecular complexity index is 1250. The van der Waals surface area contributed by atoms with E-state index in [1.54, 1.807) is 0 Å². The fraction of sp³-hybridized carbons (Fsp3) is 0.318. The van der Waals surface area contributed by atoms with Crippen molar-refractivity contribution in [2.45, 2.75) is 37.6 Å². The largest absolute Gasteiger partial charge is 0.507 e. The maximum Gasteiger partial charge on any atom is 0.229 e. The van der Waals surface area contributed by atoms with Crippen molar-refractivity contribution < 1.29 is 49.3 Å². The average molecular weight is 462 g/mol. The molecule has 1 unspecified atom stereocenters. The van der Waals surface area contributed by atoms with Gasteiger partial charge in [0.1, 0.15) is 35.2 Å². The van der Waals surface area contributed by atoms with Crippen molar-refractivity contribution >= 4 is 11.0 Å². The molecule has 0 radical (unpaired) electrons. The number of methoxy groups -OCH3 is 1. The Balaban J connectivity index is 1.85. The van der Waals surface area contributed by atoms with E-state index in [-0.39, 0.29) is 33.8 Å². The molecule has 0 bridgehead atoms. The molecule has 1 saturated heterocycles. The highest BCUT2D eigenvalue weighted by atomic mass is 16.7. The van der Waals surface area contributed by atoms with Crippen LogP contribution in [0.3, 0.4) is 0 Å². The fourth-order valence-electron chi connectivity index (χ4n) is 3.61. The van der Waals surface area contributed by atoms with Gasteiger partial charge in [0.2, 0.25) is 12.0 Å². The highest BCUT2D eigenvalue weighted by Crippen LogP contribution is 2.42. The first-order chi connectivity index (χ1) is 15.6. The van der Waals surface area contributed by atoms with Crippen LogP contribution in [-0.2, 0) is 4.74 Å². The molecule has 0 spiro atoms. The van der Waals surface area contributed by atoms with Crippen molar-refractivity contribution in [2.24, 2.45) is 0 Å². The van der Waals surface area contributed by atoms with Gasteiger partial charge < -0.3 is 49.3 Å².